The van der Waals surface area contributed by atoms with Gasteiger partial charge in [-0.05, 0) is 47.0 Å². The Kier molecular flexibility index (Phi) is 3.66. The van der Waals surface area contributed by atoms with Crippen LogP contribution in [0.2, 0.25) is 0 Å². The first-order valence-electron chi connectivity index (χ1n) is 6.36. The van der Waals surface area contributed by atoms with Gasteiger partial charge in [-0.3, -0.25) is 0 Å². The minimum Gasteiger partial charge on any atom is -0.441 e. The van der Waals surface area contributed by atoms with E-state index in [2.05, 4.69) is 26.2 Å². The highest BCUT2D eigenvalue weighted by atomic mass is 79.9. The van der Waals surface area contributed by atoms with E-state index in [0.717, 1.165) is 13.0 Å². The lowest BCUT2D eigenvalue weighted by atomic mass is 10.2. The SMILES string of the molecule is Fc1cc(-c2cnc(CCNC3CC3)o2)ccc1Br. The average molecular weight is 325 g/mol. The van der Waals surface area contributed by atoms with Crippen LogP contribution in [-0.2, 0) is 6.42 Å². The molecule has 0 saturated heterocycles. The minimum absolute atomic E-state index is 0.300. The van der Waals surface area contributed by atoms with Crippen LogP contribution in [0, 0.1) is 5.82 Å². The van der Waals surface area contributed by atoms with Gasteiger partial charge < -0.3 is 9.73 Å². The second-order valence-electron chi connectivity index (χ2n) is 4.73. The molecule has 0 atom stereocenters. The van der Waals surface area contributed by atoms with Gasteiger partial charge in [0, 0.05) is 24.6 Å². The summed E-state index contributed by atoms with van der Waals surface area (Å²) >= 11 is 3.13. The molecule has 100 valence electrons. The Morgan fingerprint density at radius 3 is 3.00 bits per heavy atom. The molecule has 0 aliphatic heterocycles. The summed E-state index contributed by atoms with van der Waals surface area (Å²) in [6.45, 7) is 0.874. The van der Waals surface area contributed by atoms with Crippen molar-refractivity contribution >= 4 is 15.9 Å². The van der Waals surface area contributed by atoms with E-state index in [-0.39, 0.29) is 5.82 Å². The van der Waals surface area contributed by atoms with Gasteiger partial charge >= 0.3 is 0 Å². The van der Waals surface area contributed by atoms with Crippen LogP contribution < -0.4 is 5.32 Å². The van der Waals surface area contributed by atoms with Crippen LogP contribution in [0.1, 0.15) is 18.7 Å². The Balaban J connectivity index is 1.67. The number of rotatable bonds is 5. The number of hydrogen-bond acceptors (Lipinski definition) is 3. The van der Waals surface area contributed by atoms with Crippen molar-refractivity contribution in [2.75, 3.05) is 6.54 Å². The topological polar surface area (TPSA) is 38.1 Å². The Hall–Kier alpha value is -1.20. The summed E-state index contributed by atoms with van der Waals surface area (Å²) in [6.07, 6.45) is 4.95. The van der Waals surface area contributed by atoms with Gasteiger partial charge in [-0.2, -0.15) is 0 Å². The zero-order valence-electron chi connectivity index (χ0n) is 10.3. The van der Waals surface area contributed by atoms with Crippen LogP contribution in [0.4, 0.5) is 4.39 Å². The van der Waals surface area contributed by atoms with Crippen molar-refractivity contribution in [3.63, 3.8) is 0 Å². The van der Waals surface area contributed by atoms with Crippen molar-refractivity contribution in [1.82, 2.24) is 10.3 Å². The van der Waals surface area contributed by atoms with Crippen molar-refractivity contribution in [2.45, 2.75) is 25.3 Å². The first-order chi connectivity index (χ1) is 9.22. The van der Waals surface area contributed by atoms with E-state index >= 15 is 0 Å². The summed E-state index contributed by atoms with van der Waals surface area (Å²) in [5.74, 6) is 0.991. The number of halogens is 2. The maximum absolute atomic E-state index is 13.5. The highest BCUT2D eigenvalue weighted by molar-refractivity contribution is 9.10. The number of benzene rings is 1. The zero-order valence-corrected chi connectivity index (χ0v) is 11.9. The van der Waals surface area contributed by atoms with E-state index in [1.807, 2.05) is 0 Å². The zero-order chi connectivity index (χ0) is 13.2. The molecule has 1 saturated carbocycles. The quantitative estimate of drug-likeness (QED) is 0.914. The lowest BCUT2D eigenvalue weighted by molar-refractivity contribution is 0.494. The van der Waals surface area contributed by atoms with Gasteiger partial charge in [0.2, 0.25) is 0 Å². The first kappa shape index (κ1) is 12.8. The van der Waals surface area contributed by atoms with E-state index < -0.39 is 0 Å². The van der Waals surface area contributed by atoms with Crippen molar-refractivity contribution in [3.8, 4) is 11.3 Å². The Morgan fingerprint density at radius 1 is 1.42 bits per heavy atom. The summed E-state index contributed by atoms with van der Waals surface area (Å²) in [6, 6.07) is 5.60. The lowest BCUT2D eigenvalue weighted by Gasteiger charge is -2.00. The van der Waals surface area contributed by atoms with Crippen molar-refractivity contribution in [2.24, 2.45) is 0 Å². The molecule has 3 rings (SSSR count). The molecule has 3 nitrogen and oxygen atoms in total. The molecule has 19 heavy (non-hydrogen) atoms. The minimum atomic E-state index is -0.300. The van der Waals surface area contributed by atoms with Gasteiger partial charge in [-0.1, -0.05) is 0 Å². The van der Waals surface area contributed by atoms with Gasteiger partial charge in [0.1, 0.15) is 5.82 Å². The maximum atomic E-state index is 13.5. The van der Waals surface area contributed by atoms with Gasteiger partial charge in [0.05, 0.1) is 10.7 Å². The van der Waals surface area contributed by atoms with E-state index in [0.29, 0.717) is 27.7 Å². The molecule has 0 amide bonds. The van der Waals surface area contributed by atoms with E-state index in [4.69, 9.17) is 4.42 Å². The molecule has 0 radical (unpaired) electrons. The van der Waals surface area contributed by atoms with E-state index in [1.54, 1.807) is 18.3 Å². The third kappa shape index (κ3) is 3.22. The fourth-order valence-electron chi connectivity index (χ4n) is 1.88. The largest absolute Gasteiger partial charge is 0.441 e. The van der Waals surface area contributed by atoms with Crippen molar-refractivity contribution in [1.29, 1.82) is 0 Å². The van der Waals surface area contributed by atoms with Crippen LogP contribution in [-0.4, -0.2) is 17.6 Å². The Labute approximate surface area is 119 Å². The molecule has 0 bridgehead atoms. The third-order valence-electron chi connectivity index (χ3n) is 3.11. The molecule has 1 N–H and O–H groups in total. The van der Waals surface area contributed by atoms with Crippen LogP contribution in [0.15, 0.2) is 33.3 Å². The highest BCUT2D eigenvalue weighted by Crippen LogP contribution is 2.25. The van der Waals surface area contributed by atoms with Crippen LogP contribution >= 0.6 is 15.9 Å². The fraction of sp³-hybridized carbons (Fsp3) is 0.357. The van der Waals surface area contributed by atoms with Gasteiger partial charge in [-0.15, -0.1) is 0 Å². The summed E-state index contributed by atoms with van der Waals surface area (Å²) in [5.41, 5.74) is 0.703. The number of oxazole rings is 1. The van der Waals surface area contributed by atoms with E-state index in [1.165, 1.54) is 18.9 Å². The van der Waals surface area contributed by atoms with Crippen molar-refractivity contribution < 1.29 is 8.81 Å². The van der Waals surface area contributed by atoms with Gasteiger partial charge in [-0.25, -0.2) is 9.37 Å². The highest BCUT2D eigenvalue weighted by Gasteiger charge is 2.20. The molecule has 1 aliphatic carbocycles. The van der Waals surface area contributed by atoms with Crippen LogP contribution in [0.3, 0.4) is 0 Å². The number of aromatic nitrogens is 1. The molecule has 2 aromatic rings. The summed E-state index contributed by atoms with van der Waals surface area (Å²) < 4.78 is 19.5. The standard InChI is InChI=1S/C14H14BrFN2O/c15-11-4-1-9(7-12(11)16)13-8-18-14(19-13)5-6-17-10-2-3-10/h1,4,7-8,10,17H,2-3,5-6H2. The fourth-order valence-corrected chi connectivity index (χ4v) is 2.13. The predicted octanol–water partition coefficient (Wildman–Crippen LogP) is 3.54. The molecule has 1 aliphatic rings. The molecular weight excluding hydrogens is 311 g/mol. The summed E-state index contributed by atoms with van der Waals surface area (Å²) in [4.78, 5) is 4.22. The Bertz CT molecular complexity index is 581. The Morgan fingerprint density at radius 2 is 2.26 bits per heavy atom. The monoisotopic (exact) mass is 324 g/mol. The smallest absolute Gasteiger partial charge is 0.196 e. The molecule has 5 heteroatoms. The predicted molar refractivity (Wildman–Crippen MR) is 74.3 cm³/mol. The average Bonchev–Trinajstić information content (AvgIpc) is 3.10. The molecule has 1 aromatic carbocycles. The summed E-state index contributed by atoms with van der Waals surface area (Å²) in [5, 5.41) is 3.40. The number of nitrogens with one attached hydrogen (secondary N) is 1. The van der Waals surface area contributed by atoms with Crippen LogP contribution in [0.25, 0.3) is 11.3 Å². The van der Waals surface area contributed by atoms with Crippen molar-refractivity contribution in [3.05, 3.63) is 40.6 Å². The second kappa shape index (κ2) is 5.43. The molecular formula is C14H14BrFN2O. The van der Waals surface area contributed by atoms with Gasteiger partial charge in [0.15, 0.2) is 11.7 Å². The number of hydrogen-bond donors (Lipinski definition) is 1. The van der Waals surface area contributed by atoms with E-state index in [9.17, 15) is 4.39 Å². The lowest BCUT2D eigenvalue weighted by Crippen LogP contribution is -2.19. The molecule has 1 fully saturated rings. The molecule has 0 spiro atoms. The molecule has 1 aromatic heterocycles. The van der Waals surface area contributed by atoms with Crippen LogP contribution in [0.5, 0.6) is 0 Å². The first-order valence-corrected chi connectivity index (χ1v) is 7.15. The number of nitrogens with zero attached hydrogens (tertiary/aromatic N) is 1. The normalized spacial score (nSPS) is 14.8. The molecule has 0 unspecified atom stereocenters. The molecule has 1 heterocycles. The van der Waals surface area contributed by atoms with Gasteiger partial charge in [0.25, 0.3) is 0 Å². The second-order valence-corrected chi connectivity index (χ2v) is 5.58. The maximum Gasteiger partial charge on any atom is 0.196 e. The summed E-state index contributed by atoms with van der Waals surface area (Å²) in [7, 11) is 0. The third-order valence-corrected chi connectivity index (χ3v) is 3.75.